The number of primary sulfonamides is 1. The minimum atomic E-state index is -3.70. The highest BCUT2D eigenvalue weighted by molar-refractivity contribution is 9.10. The number of hydrogen-bond acceptors (Lipinski definition) is 3. The number of amides is 2. The van der Waals surface area contributed by atoms with E-state index in [0.717, 1.165) is 22.0 Å². The number of rotatable bonds is 6. The van der Waals surface area contributed by atoms with Crippen molar-refractivity contribution in [2.45, 2.75) is 17.9 Å². The highest BCUT2D eigenvalue weighted by Crippen LogP contribution is 2.15. The van der Waals surface area contributed by atoms with Crippen LogP contribution in [0.3, 0.4) is 0 Å². The molecule has 128 valence electrons. The summed E-state index contributed by atoms with van der Waals surface area (Å²) in [5.74, 6) is 0. The Hall–Kier alpha value is -1.90. The Balaban J connectivity index is 1.76. The van der Waals surface area contributed by atoms with Crippen molar-refractivity contribution in [2.24, 2.45) is 5.14 Å². The van der Waals surface area contributed by atoms with Gasteiger partial charge in [0.1, 0.15) is 0 Å². The summed E-state index contributed by atoms with van der Waals surface area (Å²) in [6, 6.07) is 13.6. The number of benzene rings is 2. The van der Waals surface area contributed by atoms with E-state index in [-0.39, 0.29) is 10.9 Å². The summed E-state index contributed by atoms with van der Waals surface area (Å²) in [5.41, 5.74) is 1.90. The lowest BCUT2D eigenvalue weighted by Gasteiger charge is -2.09. The highest BCUT2D eigenvalue weighted by Gasteiger charge is 2.07. The Labute approximate surface area is 149 Å². The van der Waals surface area contributed by atoms with Crippen LogP contribution in [0.25, 0.3) is 0 Å². The van der Waals surface area contributed by atoms with Crippen molar-refractivity contribution in [3.05, 3.63) is 64.1 Å². The van der Waals surface area contributed by atoms with Gasteiger partial charge < -0.3 is 10.6 Å². The second-order valence-corrected chi connectivity index (χ2v) is 7.56. The van der Waals surface area contributed by atoms with Gasteiger partial charge in [0.2, 0.25) is 10.0 Å². The first kappa shape index (κ1) is 18.4. The van der Waals surface area contributed by atoms with Crippen molar-refractivity contribution < 1.29 is 13.2 Å². The molecule has 2 amide bonds. The molecule has 8 heteroatoms. The standard InChI is InChI=1S/C16H18BrN3O3S/c17-15-4-2-1-3-13(15)9-10-19-16(21)20-11-12-5-7-14(8-6-12)24(18,22)23/h1-8H,9-11H2,(H2,18,22,23)(H2,19,20,21). The molecule has 2 aromatic carbocycles. The molecule has 0 aliphatic carbocycles. The van der Waals surface area contributed by atoms with Gasteiger partial charge in [-0.3, -0.25) is 0 Å². The van der Waals surface area contributed by atoms with Crippen LogP contribution in [0.1, 0.15) is 11.1 Å². The zero-order chi connectivity index (χ0) is 17.6. The second-order valence-electron chi connectivity index (χ2n) is 5.14. The molecule has 0 heterocycles. The number of carbonyl (C=O) groups is 1. The van der Waals surface area contributed by atoms with E-state index in [0.29, 0.717) is 13.1 Å². The molecule has 0 aromatic heterocycles. The summed E-state index contributed by atoms with van der Waals surface area (Å²) < 4.78 is 23.3. The molecule has 0 saturated heterocycles. The van der Waals surface area contributed by atoms with Crippen LogP contribution in [-0.2, 0) is 23.0 Å². The number of urea groups is 1. The lowest BCUT2D eigenvalue weighted by molar-refractivity contribution is 0.240. The summed E-state index contributed by atoms with van der Waals surface area (Å²) in [4.78, 5) is 11.8. The maximum atomic E-state index is 11.8. The molecule has 0 aliphatic rings. The Morgan fingerprint density at radius 1 is 1.04 bits per heavy atom. The van der Waals surface area contributed by atoms with E-state index < -0.39 is 10.0 Å². The van der Waals surface area contributed by atoms with Crippen LogP contribution in [0, 0.1) is 0 Å². The van der Waals surface area contributed by atoms with Gasteiger partial charge >= 0.3 is 6.03 Å². The molecule has 0 saturated carbocycles. The third-order valence-electron chi connectivity index (χ3n) is 3.34. The fourth-order valence-electron chi connectivity index (χ4n) is 2.05. The van der Waals surface area contributed by atoms with Gasteiger partial charge in [-0.25, -0.2) is 18.4 Å². The monoisotopic (exact) mass is 411 g/mol. The Morgan fingerprint density at radius 2 is 1.71 bits per heavy atom. The summed E-state index contributed by atoms with van der Waals surface area (Å²) >= 11 is 3.46. The Bertz CT molecular complexity index is 808. The first-order valence-electron chi connectivity index (χ1n) is 7.23. The minimum Gasteiger partial charge on any atom is -0.338 e. The average Bonchev–Trinajstić information content (AvgIpc) is 2.54. The molecule has 6 nitrogen and oxygen atoms in total. The predicted octanol–water partition coefficient (Wildman–Crippen LogP) is 2.14. The third kappa shape index (κ3) is 5.63. The molecule has 0 bridgehead atoms. The maximum Gasteiger partial charge on any atom is 0.315 e. The number of sulfonamides is 1. The van der Waals surface area contributed by atoms with Gasteiger partial charge in [-0.1, -0.05) is 46.3 Å². The van der Waals surface area contributed by atoms with E-state index in [1.54, 1.807) is 12.1 Å². The van der Waals surface area contributed by atoms with Crippen molar-refractivity contribution in [3.8, 4) is 0 Å². The number of nitrogens with one attached hydrogen (secondary N) is 2. The van der Waals surface area contributed by atoms with E-state index in [4.69, 9.17) is 5.14 Å². The second kappa shape index (κ2) is 8.27. The first-order valence-corrected chi connectivity index (χ1v) is 9.57. The van der Waals surface area contributed by atoms with Crippen LogP contribution < -0.4 is 15.8 Å². The smallest absolute Gasteiger partial charge is 0.315 e. The molecule has 4 N–H and O–H groups in total. The van der Waals surface area contributed by atoms with Crippen molar-refractivity contribution in [3.63, 3.8) is 0 Å². The lowest BCUT2D eigenvalue weighted by Crippen LogP contribution is -2.36. The number of nitrogens with two attached hydrogens (primary N) is 1. The maximum absolute atomic E-state index is 11.8. The van der Waals surface area contributed by atoms with Gasteiger partial charge in [0.05, 0.1) is 4.90 Å². The molecule has 2 aromatic rings. The molecule has 24 heavy (non-hydrogen) atoms. The van der Waals surface area contributed by atoms with Crippen molar-refractivity contribution in [1.82, 2.24) is 10.6 Å². The van der Waals surface area contributed by atoms with Gasteiger partial charge in [0.25, 0.3) is 0 Å². The van der Waals surface area contributed by atoms with Gasteiger partial charge in [-0.2, -0.15) is 0 Å². The quantitative estimate of drug-likeness (QED) is 0.678. The van der Waals surface area contributed by atoms with Crippen LogP contribution in [0.5, 0.6) is 0 Å². The van der Waals surface area contributed by atoms with Gasteiger partial charge in [-0.15, -0.1) is 0 Å². The first-order chi connectivity index (χ1) is 11.4. The molecule has 0 radical (unpaired) electrons. The highest BCUT2D eigenvalue weighted by atomic mass is 79.9. The summed E-state index contributed by atoms with van der Waals surface area (Å²) in [7, 11) is -3.70. The summed E-state index contributed by atoms with van der Waals surface area (Å²) in [6.07, 6.45) is 0.720. The molecular weight excluding hydrogens is 394 g/mol. The van der Waals surface area contributed by atoms with Crippen molar-refractivity contribution in [2.75, 3.05) is 6.54 Å². The predicted molar refractivity (Wildman–Crippen MR) is 95.9 cm³/mol. The van der Waals surface area contributed by atoms with Gasteiger partial charge in [0, 0.05) is 17.6 Å². The normalized spacial score (nSPS) is 11.1. The fraction of sp³-hybridized carbons (Fsp3) is 0.188. The summed E-state index contributed by atoms with van der Waals surface area (Å²) in [6.45, 7) is 0.810. The largest absolute Gasteiger partial charge is 0.338 e. The van der Waals surface area contributed by atoms with Crippen LogP contribution in [0.4, 0.5) is 4.79 Å². The van der Waals surface area contributed by atoms with Gasteiger partial charge in [-0.05, 0) is 35.7 Å². The van der Waals surface area contributed by atoms with Crippen LogP contribution in [0.2, 0.25) is 0 Å². The summed E-state index contributed by atoms with van der Waals surface area (Å²) in [5, 5.41) is 10.5. The average molecular weight is 412 g/mol. The van der Waals surface area contributed by atoms with Crippen LogP contribution in [-0.4, -0.2) is 21.0 Å². The SMILES string of the molecule is NS(=O)(=O)c1ccc(CNC(=O)NCCc2ccccc2Br)cc1. The van der Waals surface area contributed by atoms with Crippen molar-refractivity contribution >= 4 is 32.0 Å². The van der Waals surface area contributed by atoms with Crippen molar-refractivity contribution in [1.29, 1.82) is 0 Å². The zero-order valence-corrected chi connectivity index (χ0v) is 15.2. The molecule has 0 aliphatic heterocycles. The third-order valence-corrected chi connectivity index (χ3v) is 5.05. The molecular formula is C16H18BrN3O3S. The molecule has 0 unspecified atom stereocenters. The van der Waals surface area contributed by atoms with E-state index in [1.165, 1.54) is 12.1 Å². The zero-order valence-electron chi connectivity index (χ0n) is 12.8. The topological polar surface area (TPSA) is 101 Å². The van der Waals surface area contributed by atoms with Crippen LogP contribution >= 0.6 is 15.9 Å². The van der Waals surface area contributed by atoms with E-state index in [1.807, 2.05) is 24.3 Å². The van der Waals surface area contributed by atoms with Crippen LogP contribution in [0.15, 0.2) is 57.9 Å². The molecule has 0 atom stereocenters. The lowest BCUT2D eigenvalue weighted by atomic mass is 10.1. The fourth-order valence-corrected chi connectivity index (χ4v) is 3.05. The number of hydrogen-bond donors (Lipinski definition) is 3. The Kier molecular flexibility index (Phi) is 6.36. The number of halogens is 1. The van der Waals surface area contributed by atoms with Gasteiger partial charge in [0.15, 0.2) is 0 Å². The van der Waals surface area contributed by atoms with E-state index in [2.05, 4.69) is 26.6 Å². The van der Waals surface area contributed by atoms with E-state index >= 15 is 0 Å². The molecule has 0 fully saturated rings. The number of carbonyl (C=O) groups excluding carboxylic acids is 1. The van der Waals surface area contributed by atoms with E-state index in [9.17, 15) is 13.2 Å². The molecule has 0 spiro atoms. The minimum absolute atomic E-state index is 0.0455. The Morgan fingerprint density at radius 3 is 2.33 bits per heavy atom. The molecule has 2 rings (SSSR count).